The molecule has 0 bridgehead atoms. The second-order valence-corrected chi connectivity index (χ2v) is 8.37. The smallest absolute Gasteiger partial charge is 0.416 e. The Hall–Kier alpha value is -3.29. The Bertz CT molecular complexity index is 1090. The molecule has 5 nitrogen and oxygen atoms in total. The van der Waals surface area contributed by atoms with E-state index < -0.39 is 11.7 Å². The third-order valence-electron chi connectivity index (χ3n) is 5.67. The van der Waals surface area contributed by atoms with Crippen LogP contribution < -0.4 is 4.74 Å². The van der Waals surface area contributed by atoms with E-state index >= 15 is 0 Å². The number of methoxy groups -OCH3 is 1. The quantitative estimate of drug-likeness (QED) is 0.256. The molecule has 2 aromatic carbocycles. The normalized spacial score (nSPS) is 12.4. The van der Waals surface area contributed by atoms with Crippen molar-refractivity contribution >= 4 is 5.97 Å². The number of carbonyl (C=O) groups is 1. The van der Waals surface area contributed by atoms with Gasteiger partial charge in [0, 0.05) is 29.4 Å². The van der Waals surface area contributed by atoms with E-state index in [0.29, 0.717) is 31.0 Å². The summed E-state index contributed by atoms with van der Waals surface area (Å²) in [6, 6.07) is 12.7. The summed E-state index contributed by atoms with van der Waals surface area (Å²) in [5.41, 5.74) is 1.76. The van der Waals surface area contributed by atoms with Crippen molar-refractivity contribution < 1.29 is 27.4 Å². The molecule has 182 valence electrons. The molecule has 0 aliphatic carbocycles. The third-order valence-corrected chi connectivity index (χ3v) is 5.67. The van der Waals surface area contributed by atoms with Crippen LogP contribution >= 0.6 is 0 Å². The highest BCUT2D eigenvalue weighted by Crippen LogP contribution is 2.31. The number of esters is 1. The number of para-hydroxylation sites is 1. The minimum atomic E-state index is -4.38. The lowest BCUT2D eigenvalue weighted by Gasteiger charge is -2.16. The predicted octanol–water partition coefficient (Wildman–Crippen LogP) is 6.28. The minimum Gasteiger partial charge on any atom is -0.493 e. The minimum absolute atomic E-state index is 0.210. The lowest BCUT2D eigenvalue weighted by molar-refractivity contribution is -0.141. The molecular weight excluding hydrogens is 445 g/mol. The molecular formula is C26H29F3N2O3. The first kappa shape index (κ1) is 25.3. The summed E-state index contributed by atoms with van der Waals surface area (Å²) in [7, 11) is 1.39. The number of hydrogen-bond acceptors (Lipinski definition) is 4. The highest BCUT2D eigenvalue weighted by molar-refractivity contribution is 5.69. The van der Waals surface area contributed by atoms with Crippen molar-refractivity contribution in [2.24, 2.45) is 5.92 Å². The monoisotopic (exact) mass is 474 g/mol. The van der Waals surface area contributed by atoms with Gasteiger partial charge in [-0.15, -0.1) is 0 Å². The Morgan fingerprint density at radius 2 is 1.82 bits per heavy atom. The molecule has 34 heavy (non-hydrogen) atoms. The van der Waals surface area contributed by atoms with Gasteiger partial charge in [-0.1, -0.05) is 37.3 Å². The van der Waals surface area contributed by atoms with Gasteiger partial charge in [-0.25, -0.2) is 4.98 Å². The van der Waals surface area contributed by atoms with Gasteiger partial charge in [-0.2, -0.15) is 13.2 Å². The molecule has 0 amide bonds. The van der Waals surface area contributed by atoms with Gasteiger partial charge in [-0.05, 0) is 43.9 Å². The van der Waals surface area contributed by atoms with Gasteiger partial charge in [0.05, 0.1) is 25.8 Å². The molecule has 3 aromatic rings. The summed E-state index contributed by atoms with van der Waals surface area (Å²) >= 11 is 0. The average Bonchev–Trinajstić information content (AvgIpc) is 3.17. The highest BCUT2D eigenvalue weighted by Gasteiger charge is 2.30. The van der Waals surface area contributed by atoms with Crippen LogP contribution in [0.1, 0.15) is 43.0 Å². The summed E-state index contributed by atoms with van der Waals surface area (Å²) in [5, 5.41) is 0. The average molecular weight is 475 g/mol. The largest absolute Gasteiger partial charge is 0.493 e. The van der Waals surface area contributed by atoms with Crippen molar-refractivity contribution in [3.63, 3.8) is 0 Å². The number of aromatic nitrogens is 2. The third kappa shape index (κ3) is 6.62. The van der Waals surface area contributed by atoms with Crippen molar-refractivity contribution in [3.05, 3.63) is 71.5 Å². The highest BCUT2D eigenvalue weighted by atomic mass is 19.4. The van der Waals surface area contributed by atoms with Crippen LogP contribution in [0.5, 0.6) is 5.75 Å². The molecule has 0 unspecified atom stereocenters. The fourth-order valence-electron chi connectivity index (χ4n) is 3.73. The molecule has 0 fully saturated rings. The first-order valence-electron chi connectivity index (χ1n) is 11.2. The van der Waals surface area contributed by atoms with Crippen LogP contribution in [0.2, 0.25) is 0 Å². The summed E-state index contributed by atoms with van der Waals surface area (Å²) in [4.78, 5) is 15.8. The number of benzene rings is 2. The van der Waals surface area contributed by atoms with E-state index in [1.54, 1.807) is 6.20 Å². The van der Waals surface area contributed by atoms with E-state index in [-0.39, 0.29) is 11.9 Å². The van der Waals surface area contributed by atoms with E-state index in [9.17, 15) is 18.0 Å². The number of imidazole rings is 1. The van der Waals surface area contributed by atoms with E-state index in [4.69, 9.17) is 9.47 Å². The predicted molar refractivity (Wildman–Crippen MR) is 123 cm³/mol. The van der Waals surface area contributed by atoms with Crippen LogP contribution in [-0.4, -0.2) is 29.2 Å². The van der Waals surface area contributed by atoms with Crippen LogP contribution in [-0.2, 0) is 22.3 Å². The number of aryl methyl sites for hydroxylation is 1. The Labute approximate surface area is 197 Å². The Morgan fingerprint density at radius 1 is 1.12 bits per heavy atom. The van der Waals surface area contributed by atoms with E-state index in [1.165, 1.54) is 19.2 Å². The van der Waals surface area contributed by atoms with Gasteiger partial charge >= 0.3 is 12.1 Å². The maximum Gasteiger partial charge on any atom is 0.416 e. The molecule has 0 radical (unpaired) electrons. The van der Waals surface area contributed by atoms with E-state index in [2.05, 4.69) is 4.98 Å². The molecule has 8 heteroatoms. The molecule has 0 aliphatic rings. The lowest BCUT2D eigenvalue weighted by Crippen LogP contribution is -2.10. The van der Waals surface area contributed by atoms with Crippen molar-refractivity contribution in [2.75, 3.05) is 13.7 Å². The second kappa shape index (κ2) is 11.2. The molecule has 0 N–H and O–H groups in total. The molecule has 0 saturated heterocycles. The number of halogens is 3. The van der Waals surface area contributed by atoms with Gasteiger partial charge in [0.15, 0.2) is 0 Å². The number of ether oxygens (including phenoxy) is 2. The van der Waals surface area contributed by atoms with Gasteiger partial charge in [0.1, 0.15) is 11.6 Å². The van der Waals surface area contributed by atoms with Crippen LogP contribution in [0.15, 0.2) is 54.7 Å². The molecule has 3 rings (SSSR count). The van der Waals surface area contributed by atoms with Gasteiger partial charge in [0.25, 0.3) is 0 Å². The molecule has 0 spiro atoms. The summed E-state index contributed by atoms with van der Waals surface area (Å²) in [6.45, 7) is 4.90. The first-order chi connectivity index (χ1) is 16.2. The standard InChI is InChI=1S/C26H29F3N2O3/c1-18(15-24(32)33-3)7-6-14-34-23-9-5-4-8-21(23)17-31-19(2)16-30-25(31)20-10-12-22(13-11-20)26(27,28)29/h4-5,8-13,16,18H,6-7,14-15,17H2,1-3H3/t18-/m0/s1. The Morgan fingerprint density at radius 3 is 2.50 bits per heavy atom. The Kier molecular flexibility index (Phi) is 8.36. The fraction of sp³-hybridized carbons (Fsp3) is 0.385. The van der Waals surface area contributed by atoms with E-state index in [1.807, 2.05) is 42.7 Å². The molecule has 1 atom stereocenters. The maximum atomic E-state index is 12.9. The number of carbonyl (C=O) groups excluding carboxylic acids is 1. The molecule has 0 aliphatic heterocycles. The fourth-order valence-corrected chi connectivity index (χ4v) is 3.73. The van der Waals surface area contributed by atoms with Gasteiger partial charge in [0.2, 0.25) is 0 Å². The maximum absolute atomic E-state index is 12.9. The molecule has 1 aromatic heterocycles. The zero-order valence-electron chi connectivity index (χ0n) is 19.6. The van der Waals surface area contributed by atoms with Crippen LogP contribution in [0.4, 0.5) is 13.2 Å². The number of alkyl halides is 3. The number of nitrogens with zero attached hydrogens (tertiary/aromatic N) is 2. The first-order valence-corrected chi connectivity index (χ1v) is 11.2. The SMILES string of the molecule is COC(=O)C[C@@H](C)CCCOc1ccccc1Cn1c(C)cnc1-c1ccc(C(F)(F)F)cc1. The summed E-state index contributed by atoms with van der Waals surface area (Å²) in [6.07, 6.45) is -0.639. The van der Waals surface area contributed by atoms with Crippen molar-refractivity contribution in [1.29, 1.82) is 0 Å². The zero-order valence-corrected chi connectivity index (χ0v) is 19.6. The van der Waals surface area contributed by atoms with Gasteiger partial charge < -0.3 is 14.0 Å². The summed E-state index contributed by atoms with van der Waals surface area (Å²) in [5.74, 6) is 1.34. The molecule has 1 heterocycles. The van der Waals surface area contributed by atoms with Crippen LogP contribution in [0.25, 0.3) is 11.4 Å². The van der Waals surface area contributed by atoms with Crippen LogP contribution in [0.3, 0.4) is 0 Å². The lowest BCUT2D eigenvalue weighted by atomic mass is 10.0. The number of rotatable bonds is 10. The molecule has 0 saturated carbocycles. The van der Waals surface area contributed by atoms with Gasteiger partial charge in [-0.3, -0.25) is 4.79 Å². The zero-order chi connectivity index (χ0) is 24.7. The second-order valence-electron chi connectivity index (χ2n) is 8.37. The van der Waals surface area contributed by atoms with Crippen molar-refractivity contribution in [3.8, 4) is 17.1 Å². The summed E-state index contributed by atoms with van der Waals surface area (Å²) < 4.78 is 51.5. The Balaban J connectivity index is 1.69. The topological polar surface area (TPSA) is 53.4 Å². The van der Waals surface area contributed by atoms with Crippen molar-refractivity contribution in [1.82, 2.24) is 9.55 Å². The van der Waals surface area contributed by atoms with Crippen molar-refractivity contribution in [2.45, 2.75) is 45.8 Å². The number of hydrogen-bond donors (Lipinski definition) is 0. The van der Waals surface area contributed by atoms with Crippen LogP contribution in [0, 0.1) is 12.8 Å². The van der Waals surface area contributed by atoms with E-state index in [0.717, 1.165) is 42.0 Å².